The highest BCUT2D eigenvalue weighted by molar-refractivity contribution is 9.09. The van der Waals surface area contributed by atoms with Crippen LogP contribution in [0.2, 0.25) is 0 Å². The zero-order chi connectivity index (χ0) is 14.1. The molecule has 2 unspecified atom stereocenters. The van der Waals surface area contributed by atoms with E-state index in [1.807, 2.05) is 0 Å². The van der Waals surface area contributed by atoms with Gasteiger partial charge in [0.1, 0.15) is 0 Å². The molecule has 2 N–H and O–H groups in total. The number of nitrogens with two attached hydrogens (primary N) is 1. The van der Waals surface area contributed by atoms with Gasteiger partial charge >= 0.3 is 0 Å². The highest BCUT2D eigenvalue weighted by Crippen LogP contribution is 2.49. The molecule has 1 aliphatic rings. The molecule has 1 nitrogen and oxygen atoms in total. The molecular weight excluding hydrogens is 442 g/mol. The van der Waals surface area contributed by atoms with Crippen LogP contribution in [0.15, 0.2) is 22.3 Å². The quantitative estimate of drug-likeness (QED) is 0.486. The van der Waals surface area contributed by atoms with Gasteiger partial charge in [-0.15, -0.1) is 0 Å². The number of alkyl halides is 3. The maximum atomic E-state index is 6.09. The largest absolute Gasteiger partial charge is 0.393 e. The van der Waals surface area contributed by atoms with Crippen LogP contribution >= 0.6 is 60.0 Å². The van der Waals surface area contributed by atoms with E-state index in [4.69, 9.17) is 18.0 Å². The van der Waals surface area contributed by atoms with E-state index >= 15 is 0 Å². The van der Waals surface area contributed by atoms with Gasteiger partial charge < -0.3 is 5.73 Å². The van der Waals surface area contributed by atoms with Gasteiger partial charge in [-0.05, 0) is 30.9 Å². The van der Waals surface area contributed by atoms with Crippen molar-refractivity contribution >= 4 is 65.0 Å². The number of hydrogen-bond donors (Lipinski definition) is 1. The molecule has 0 aromatic heterocycles. The summed E-state index contributed by atoms with van der Waals surface area (Å²) in [5.74, 6) is 0.316. The molecule has 0 bridgehead atoms. The molecule has 0 saturated heterocycles. The second-order valence-corrected chi connectivity index (χ2v) is 6.83. The first-order valence-corrected chi connectivity index (χ1v) is 9.53. The Hall–Kier alpha value is 0.810. The summed E-state index contributed by atoms with van der Waals surface area (Å²) in [6.45, 7) is 6.56. The summed E-state index contributed by atoms with van der Waals surface area (Å²) in [7, 11) is 0. The van der Waals surface area contributed by atoms with Crippen LogP contribution in [0, 0.1) is 11.3 Å². The Labute approximate surface area is 140 Å². The number of halogens is 3. The molecule has 0 aromatic carbocycles. The summed E-state index contributed by atoms with van der Waals surface area (Å²) in [6.07, 6.45) is 0. The van der Waals surface area contributed by atoms with Crippen LogP contribution in [0.4, 0.5) is 0 Å². The van der Waals surface area contributed by atoms with E-state index in [0.717, 1.165) is 16.0 Å². The minimum Gasteiger partial charge on any atom is -0.393 e. The first-order chi connectivity index (χ1) is 8.38. The van der Waals surface area contributed by atoms with Gasteiger partial charge in [-0.1, -0.05) is 78.1 Å². The summed E-state index contributed by atoms with van der Waals surface area (Å²) in [5.41, 5.74) is 11.2. The molecular formula is C13H18Br3NS. The van der Waals surface area contributed by atoms with Crippen molar-refractivity contribution in [2.45, 2.75) is 20.8 Å². The maximum Gasteiger partial charge on any atom is 0.0845 e. The third kappa shape index (κ3) is 2.40. The average Bonchev–Trinajstić information content (AvgIpc) is 2.31. The summed E-state index contributed by atoms with van der Waals surface area (Å²) < 4.78 is 0. The molecule has 5 heteroatoms. The molecule has 1 rings (SSSR count). The SMILES string of the molecule is CC1=C(CBr)C(C)C(CBr)(C(N)=S)C(C)=C1CBr. The summed E-state index contributed by atoms with van der Waals surface area (Å²) in [4.78, 5) is 0.578. The third-order valence-corrected chi connectivity index (χ3v) is 6.66. The van der Waals surface area contributed by atoms with Crippen molar-refractivity contribution in [1.82, 2.24) is 0 Å². The normalized spacial score (nSPS) is 28.9. The van der Waals surface area contributed by atoms with Gasteiger partial charge in [0.05, 0.1) is 10.4 Å². The molecule has 0 spiro atoms. The zero-order valence-electron chi connectivity index (χ0n) is 10.8. The van der Waals surface area contributed by atoms with Gasteiger partial charge in [0, 0.05) is 16.0 Å². The van der Waals surface area contributed by atoms with Crippen molar-refractivity contribution in [3.8, 4) is 0 Å². The minimum absolute atomic E-state index is 0.249. The number of thiocarbonyl (C=S) groups is 1. The van der Waals surface area contributed by atoms with Crippen molar-refractivity contribution in [3.63, 3.8) is 0 Å². The molecule has 0 saturated carbocycles. The third-order valence-electron chi connectivity index (χ3n) is 4.25. The van der Waals surface area contributed by atoms with Crippen LogP contribution in [0.1, 0.15) is 20.8 Å². The molecule has 0 aliphatic heterocycles. The smallest absolute Gasteiger partial charge is 0.0845 e. The fourth-order valence-corrected chi connectivity index (χ4v) is 6.33. The number of rotatable bonds is 4. The fraction of sp³-hybridized carbons (Fsp3) is 0.615. The Balaban J connectivity index is 3.58. The fourth-order valence-electron chi connectivity index (χ4n) is 2.79. The Morgan fingerprint density at radius 1 is 1.28 bits per heavy atom. The summed E-state index contributed by atoms with van der Waals surface area (Å²) >= 11 is 16.2. The lowest BCUT2D eigenvalue weighted by molar-refractivity contribution is 0.411. The van der Waals surface area contributed by atoms with Crippen molar-refractivity contribution in [1.29, 1.82) is 0 Å². The van der Waals surface area contributed by atoms with Crippen molar-refractivity contribution < 1.29 is 0 Å². The monoisotopic (exact) mass is 457 g/mol. The zero-order valence-corrected chi connectivity index (χ0v) is 16.4. The lowest BCUT2D eigenvalue weighted by atomic mass is 9.63. The molecule has 0 fully saturated rings. The summed E-state index contributed by atoms with van der Waals surface area (Å²) in [6, 6.07) is 0. The van der Waals surface area contributed by atoms with Gasteiger partial charge in [0.25, 0.3) is 0 Å². The van der Waals surface area contributed by atoms with Gasteiger partial charge in [0.2, 0.25) is 0 Å². The molecule has 0 aromatic rings. The predicted octanol–water partition coefficient (Wildman–Crippen LogP) is 4.73. The Kier molecular flexibility index (Phi) is 6.10. The van der Waals surface area contributed by atoms with Gasteiger partial charge in [-0.3, -0.25) is 0 Å². The van der Waals surface area contributed by atoms with Crippen LogP contribution in [-0.4, -0.2) is 21.0 Å². The molecule has 0 radical (unpaired) electrons. The van der Waals surface area contributed by atoms with Crippen molar-refractivity contribution in [2.75, 3.05) is 16.0 Å². The van der Waals surface area contributed by atoms with Crippen LogP contribution in [-0.2, 0) is 0 Å². The van der Waals surface area contributed by atoms with Gasteiger partial charge in [0.15, 0.2) is 0 Å². The lowest BCUT2D eigenvalue weighted by Crippen LogP contribution is -2.47. The molecule has 102 valence electrons. The van der Waals surface area contributed by atoms with Crippen molar-refractivity contribution in [3.05, 3.63) is 22.3 Å². The highest BCUT2D eigenvalue weighted by atomic mass is 79.9. The van der Waals surface area contributed by atoms with Crippen LogP contribution in [0.3, 0.4) is 0 Å². The topological polar surface area (TPSA) is 26.0 Å². The highest BCUT2D eigenvalue weighted by Gasteiger charge is 2.45. The van der Waals surface area contributed by atoms with E-state index in [0.29, 0.717) is 10.9 Å². The Morgan fingerprint density at radius 2 is 1.83 bits per heavy atom. The Bertz CT molecular complexity index is 428. The van der Waals surface area contributed by atoms with Crippen molar-refractivity contribution in [2.24, 2.45) is 17.1 Å². The Morgan fingerprint density at radius 3 is 2.17 bits per heavy atom. The molecule has 2 atom stereocenters. The van der Waals surface area contributed by atoms with E-state index in [2.05, 4.69) is 68.6 Å². The lowest BCUT2D eigenvalue weighted by Gasteiger charge is -2.44. The molecule has 0 amide bonds. The molecule has 18 heavy (non-hydrogen) atoms. The maximum absolute atomic E-state index is 6.09. The van der Waals surface area contributed by atoms with E-state index in [-0.39, 0.29) is 5.41 Å². The standard InChI is InChI=1S/C13H18Br3NS/c1-7-10(4-14)8(2)13(6-16,12(17)18)9(3)11(7)5-15/h8H,4-6H2,1-3H3,(H2,17,18). The summed E-state index contributed by atoms with van der Waals surface area (Å²) in [5, 5.41) is 2.47. The molecule has 0 heterocycles. The number of allylic oxidation sites excluding steroid dienone is 3. The molecule has 1 aliphatic carbocycles. The van der Waals surface area contributed by atoms with E-state index in [1.165, 1.54) is 22.3 Å². The second-order valence-electron chi connectivity index (χ2n) is 4.71. The van der Waals surface area contributed by atoms with Crippen LogP contribution in [0.25, 0.3) is 0 Å². The average molecular weight is 460 g/mol. The van der Waals surface area contributed by atoms with E-state index < -0.39 is 0 Å². The van der Waals surface area contributed by atoms with Crippen LogP contribution < -0.4 is 5.73 Å². The predicted molar refractivity (Wildman–Crippen MR) is 95.2 cm³/mol. The number of hydrogen-bond acceptors (Lipinski definition) is 1. The second kappa shape index (κ2) is 6.51. The van der Waals surface area contributed by atoms with E-state index in [9.17, 15) is 0 Å². The van der Waals surface area contributed by atoms with E-state index in [1.54, 1.807) is 0 Å². The first kappa shape index (κ1) is 16.9. The minimum atomic E-state index is -0.249. The first-order valence-electron chi connectivity index (χ1n) is 5.76. The van der Waals surface area contributed by atoms with Gasteiger partial charge in [-0.2, -0.15) is 0 Å². The van der Waals surface area contributed by atoms with Crippen LogP contribution in [0.5, 0.6) is 0 Å². The van der Waals surface area contributed by atoms with Gasteiger partial charge in [-0.25, -0.2) is 0 Å².